The van der Waals surface area contributed by atoms with Crippen molar-refractivity contribution < 1.29 is 0 Å². The summed E-state index contributed by atoms with van der Waals surface area (Å²) in [5.41, 5.74) is 5.96. The first-order valence-corrected chi connectivity index (χ1v) is 7.21. The SMILES string of the molecule is CSc1ccc(Cc2ccc(Cl)cc2NN)cc1. The maximum atomic E-state index is 5.94. The molecule has 4 heteroatoms. The topological polar surface area (TPSA) is 38.0 Å². The molecule has 0 bridgehead atoms. The van der Waals surface area contributed by atoms with E-state index in [0.717, 1.165) is 17.7 Å². The molecule has 0 radical (unpaired) electrons. The average Bonchev–Trinajstić information content (AvgIpc) is 2.41. The van der Waals surface area contributed by atoms with Crippen LogP contribution < -0.4 is 11.3 Å². The molecule has 0 aliphatic rings. The Morgan fingerprint density at radius 1 is 1.17 bits per heavy atom. The van der Waals surface area contributed by atoms with Crippen LogP contribution in [0.4, 0.5) is 5.69 Å². The number of nitrogens with two attached hydrogens (primary N) is 1. The Kier molecular flexibility index (Phi) is 4.53. The molecule has 0 saturated carbocycles. The number of rotatable bonds is 4. The molecule has 2 nitrogen and oxygen atoms in total. The second-order valence-corrected chi connectivity index (χ2v) is 5.29. The van der Waals surface area contributed by atoms with Crippen LogP contribution in [-0.4, -0.2) is 6.26 Å². The van der Waals surface area contributed by atoms with Crippen LogP contribution in [-0.2, 0) is 6.42 Å². The standard InChI is InChI=1S/C14H15ClN2S/c1-18-13-6-2-10(3-7-13)8-11-4-5-12(15)9-14(11)17-16/h2-7,9,17H,8,16H2,1H3. The van der Waals surface area contributed by atoms with Crippen molar-refractivity contribution in [3.8, 4) is 0 Å². The predicted octanol–water partition coefficient (Wildman–Crippen LogP) is 3.94. The van der Waals surface area contributed by atoms with Crippen molar-refractivity contribution in [3.05, 3.63) is 58.6 Å². The maximum absolute atomic E-state index is 5.94. The van der Waals surface area contributed by atoms with Gasteiger partial charge in [0.15, 0.2) is 0 Å². The third kappa shape index (κ3) is 3.19. The minimum absolute atomic E-state index is 0.685. The van der Waals surface area contributed by atoms with Gasteiger partial charge >= 0.3 is 0 Å². The third-order valence-electron chi connectivity index (χ3n) is 2.78. The van der Waals surface area contributed by atoms with Crippen molar-refractivity contribution in [2.24, 2.45) is 5.84 Å². The molecule has 0 saturated heterocycles. The van der Waals surface area contributed by atoms with Crippen molar-refractivity contribution in [1.29, 1.82) is 0 Å². The third-order valence-corrected chi connectivity index (χ3v) is 3.76. The molecule has 0 heterocycles. The first-order chi connectivity index (χ1) is 8.72. The number of hydrazine groups is 1. The highest BCUT2D eigenvalue weighted by atomic mass is 35.5. The zero-order valence-electron chi connectivity index (χ0n) is 10.1. The van der Waals surface area contributed by atoms with Crippen molar-refractivity contribution in [2.75, 3.05) is 11.7 Å². The van der Waals surface area contributed by atoms with E-state index >= 15 is 0 Å². The van der Waals surface area contributed by atoms with E-state index in [1.54, 1.807) is 11.8 Å². The fourth-order valence-electron chi connectivity index (χ4n) is 1.80. The van der Waals surface area contributed by atoms with Crippen LogP contribution >= 0.6 is 23.4 Å². The molecule has 0 spiro atoms. The lowest BCUT2D eigenvalue weighted by molar-refractivity contribution is 1.16. The van der Waals surface area contributed by atoms with Gasteiger partial charge in [0.2, 0.25) is 0 Å². The first kappa shape index (κ1) is 13.3. The number of nitrogen functional groups attached to an aromatic ring is 1. The normalized spacial score (nSPS) is 10.4. The average molecular weight is 279 g/mol. The molecule has 2 aromatic rings. The lowest BCUT2D eigenvalue weighted by atomic mass is 10.0. The van der Waals surface area contributed by atoms with Crippen LogP contribution in [0.25, 0.3) is 0 Å². The highest BCUT2D eigenvalue weighted by Gasteiger charge is 2.03. The fourth-order valence-corrected chi connectivity index (χ4v) is 2.38. The van der Waals surface area contributed by atoms with Crippen LogP contribution in [0.1, 0.15) is 11.1 Å². The molecule has 0 aliphatic carbocycles. The number of benzene rings is 2. The highest BCUT2D eigenvalue weighted by Crippen LogP contribution is 2.23. The lowest BCUT2D eigenvalue weighted by Gasteiger charge is -2.09. The molecule has 0 amide bonds. The van der Waals surface area contributed by atoms with E-state index in [0.29, 0.717) is 5.02 Å². The van der Waals surface area contributed by atoms with Gasteiger partial charge in [-0.15, -0.1) is 11.8 Å². The second-order valence-electron chi connectivity index (χ2n) is 3.97. The molecule has 0 fully saturated rings. The summed E-state index contributed by atoms with van der Waals surface area (Å²) in [6.07, 6.45) is 2.91. The van der Waals surface area contributed by atoms with E-state index < -0.39 is 0 Å². The van der Waals surface area contributed by atoms with Crippen LogP contribution in [0.15, 0.2) is 47.4 Å². The molecule has 18 heavy (non-hydrogen) atoms. The van der Waals surface area contributed by atoms with E-state index in [9.17, 15) is 0 Å². The molecule has 94 valence electrons. The molecule has 0 unspecified atom stereocenters. The number of anilines is 1. The number of nitrogens with one attached hydrogen (secondary N) is 1. The zero-order valence-corrected chi connectivity index (χ0v) is 11.7. The van der Waals surface area contributed by atoms with E-state index in [1.807, 2.05) is 18.2 Å². The van der Waals surface area contributed by atoms with E-state index in [-0.39, 0.29) is 0 Å². The van der Waals surface area contributed by atoms with Gasteiger partial charge in [0, 0.05) is 9.92 Å². The van der Waals surface area contributed by atoms with Crippen molar-refractivity contribution >= 4 is 29.1 Å². The van der Waals surface area contributed by atoms with Gasteiger partial charge in [0.25, 0.3) is 0 Å². The Balaban J connectivity index is 2.22. The Morgan fingerprint density at radius 2 is 1.89 bits per heavy atom. The number of halogens is 1. The van der Waals surface area contributed by atoms with E-state index in [1.165, 1.54) is 10.5 Å². The van der Waals surface area contributed by atoms with Crippen LogP contribution in [0.3, 0.4) is 0 Å². The zero-order chi connectivity index (χ0) is 13.0. The van der Waals surface area contributed by atoms with E-state index in [4.69, 9.17) is 17.4 Å². The summed E-state index contributed by atoms with van der Waals surface area (Å²) in [4.78, 5) is 1.27. The first-order valence-electron chi connectivity index (χ1n) is 5.61. The molecule has 2 aromatic carbocycles. The number of thioether (sulfide) groups is 1. The molecular weight excluding hydrogens is 264 g/mol. The van der Waals surface area contributed by atoms with Gasteiger partial charge in [-0.05, 0) is 48.1 Å². The lowest BCUT2D eigenvalue weighted by Crippen LogP contribution is -2.09. The van der Waals surface area contributed by atoms with Gasteiger partial charge < -0.3 is 5.43 Å². The summed E-state index contributed by atoms with van der Waals surface area (Å²) in [7, 11) is 0. The van der Waals surface area contributed by atoms with Crippen LogP contribution in [0.2, 0.25) is 5.02 Å². The number of hydrogen-bond donors (Lipinski definition) is 2. The predicted molar refractivity (Wildman–Crippen MR) is 80.3 cm³/mol. The summed E-state index contributed by atoms with van der Waals surface area (Å²) < 4.78 is 0. The molecular formula is C14H15ClN2S. The maximum Gasteiger partial charge on any atom is 0.0535 e. The minimum Gasteiger partial charge on any atom is -0.324 e. The monoisotopic (exact) mass is 278 g/mol. The summed E-state index contributed by atoms with van der Waals surface area (Å²) in [5.74, 6) is 5.51. The van der Waals surface area contributed by atoms with Gasteiger partial charge in [0.1, 0.15) is 0 Å². The van der Waals surface area contributed by atoms with Crippen molar-refractivity contribution in [3.63, 3.8) is 0 Å². The highest BCUT2D eigenvalue weighted by molar-refractivity contribution is 7.98. The van der Waals surface area contributed by atoms with Gasteiger partial charge in [-0.1, -0.05) is 29.8 Å². The Morgan fingerprint density at radius 3 is 2.50 bits per heavy atom. The van der Waals surface area contributed by atoms with E-state index in [2.05, 4.69) is 35.9 Å². The Hall–Kier alpha value is -1.16. The molecule has 3 N–H and O–H groups in total. The summed E-state index contributed by atoms with van der Waals surface area (Å²) >= 11 is 7.68. The molecule has 0 aromatic heterocycles. The summed E-state index contributed by atoms with van der Waals surface area (Å²) in [6.45, 7) is 0. The minimum atomic E-state index is 0.685. The van der Waals surface area contributed by atoms with Crippen LogP contribution in [0.5, 0.6) is 0 Å². The molecule has 2 rings (SSSR count). The summed E-state index contributed by atoms with van der Waals surface area (Å²) in [5, 5.41) is 0.685. The van der Waals surface area contributed by atoms with Gasteiger partial charge in [-0.2, -0.15) is 0 Å². The molecule has 0 atom stereocenters. The number of hydrogen-bond acceptors (Lipinski definition) is 3. The van der Waals surface area contributed by atoms with Gasteiger partial charge in [-0.3, -0.25) is 5.84 Å². The Bertz CT molecular complexity index is 526. The van der Waals surface area contributed by atoms with Crippen LogP contribution in [0, 0.1) is 0 Å². The Labute approximate surface area is 117 Å². The smallest absolute Gasteiger partial charge is 0.0535 e. The molecule has 0 aliphatic heterocycles. The fraction of sp³-hybridized carbons (Fsp3) is 0.143. The second kappa shape index (κ2) is 6.14. The quantitative estimate of drug-likeness (QED) is 0.505. The van der Waals surface area contributed by atoms with Crippen molar-refractivity contribution in [1.82, 2.24) is 0 Å². The van der Waals surface area contributed by atoms with Gasteiger partial charge in [-0.25, -0.2) is 0 Å². The summed E-state index contributed by atoms with van der Waals surface area (Å²) in [6, 6.07) is 14.3. The largest absolute Gasteiger partial charge is 0.324 e. The van der Waals surface area contributed by atoms with Crippen molar-refractivity contribution in [2.45, 2.75) is 11.3 Å². The van der Waals surface area contributed by atoms with Gasteiger partial charge in [0.05, 0.1) is 5.69 Å².